The number of halogens is 1. The SMILES string of the molecule is Clc1ccc2c3ccc4c(c5ccccc5n4-c4ccccc4)c3n(-c3ccc(-c4ccccc4)cc3)c2c1. The van der Waals surface area contributed by atoms with Gasteiger partial charge in [-0.05, 0) is 59.7 Å². The summed E-state index contributed by atoms with van der Waals surface area (Å²) in [4.78, 5) is 0. The lowest BCUT2D eigenvalue weighted by Gasteiger charge is -2.11. The maximum Gasteiger partial charge on any atom is 0.0641 e. The van der Waals surface area contributed by atoms with Crippen molar-refractivity contribution in [3.63, 3.8) is 0 Å². The fraction of sp³-hybridized carbons (Fsp3) is 0. The predicted molar refractivity (Wildman–Crippen MR) is 166 cm³/mol. The van der Waals surface area contributed by atoms with Gasteiger partial charge in [-0.1, -0.05) is 103 Å². The van der Waals surface area contributed by atoms with E-state index >= 15 is 0 Å². The molecule has 0 aliphatic carbocycles. The van der Waals surface area contributed by atoms with Gasteiger partial charge >= 0.3 is 0 Å². The summed E-state index contributed by atoms with van der Waals surface area (Å²) in [5, 5.41) is 5.62. The molecule has 0 unspecified atom stereocenters. The van der Waals surface area contributed by atoms with Crippen LogP contribution in [0.4, 0.5) is 0 Å². The Bertz CT molecular complexity index is 2150. The van der Waals surface area contributed by atoms with Crippen molar-refractivity contribution >= 4 is 55.2 Å². The van der Waals surface area contributed by atoms with Crippen molar-refractivity contribution in [2.45, 2.75) is 0 Å². The number of rotatable bonds is 3. The first-order chi connectivity index (χ1) is 19.3. The second-order valence-electron chi connectivity index (χ2n) is 9.95. The molecule has 0 aliphatic heterocycles. The Labute approximate surface area is 230 Å². The Hall–Kier alpha value is -4.79. The largest absolute Gasteiger partial charge is 0.309 e. The molecule has 39 heavy (non-hydrogen) atoms. The third kappa shape index (κ3) is 3.35. The number of nitrogens with zero attached hydrogens (tertiary/aromatic N) is 2. The molecule has 0 radical (unpaired) electrons. The summed E-state index contributed by atoms with van der Waals surface area (Å²) in [6.07, 6.45) is 0. The Morgan fingerprint density at radius 1 is 0.410 bits per heavy atom. The number of hydrogen-bond acceptors (Lipinski definition) is 0. The smallest absolute Gasteiger partial charge is 0.0641 e. The van der Waals surface area contributed by atoms with Gasteiger partial charge in [0.1, 0.15) is 0 Å². The van der Waals surface area contributed by atoms with Gasteiger partial charge in [0, 0.05) is 37.9 Å². The highest BCUT2D eigenvalue weighted by Gasteiger charge is 2.20. The van der Waals surface area contributed by atoms with Gasteiger partial charge in [-0.25, -0.2) is 0 Å². The summed E-state index contributed by atoms with van der Waals surface area (Å²) < 4.78 is 4.76. The molecule has 0 saturated heterocycles. The maximum atomic E-state index is 6.59. The first kappa shape index (κ1) is 22.2. The van der Waals surface area contributed by atoms with Gasteiger partial charge in [0.25, 0.3) is 0 Å². The van der Waals surface area contributed by atoms with E-state index in [1.54, 1.807) is 0 Å². The highest BCUT2D eigenvalue weighted by molar-refractivity contribution is 6.32. The van der Waals surface area contributed by atoms with Gasteiger partial charge in [-0.2, -0.15) is 0 Å². The summed E-state index contributed by atoms with van der Waals surface area (Å²) in [6, 6.07) is 49.4. The molecule has 2 nitrogen and oxygen atoms in total. The first-order valence-electron chi connectivity index (χ1n) is 13.1. The van der Waals surface area contributed by atoms with E-state index in [0.717, 1.165) is 21.9 Å². The molecule has 0 saturated carbocycles. The summed E-state index contributed by atoms with van der Waals surface area (Å²) >= 11 is 6.59. The molecule has 0 spiro atoms. The zero-order valence-corrected chi connectivity index (χ0v) is 21.8. The molecule has 0 amide bonds. The molecule has 0 fully saturated rings. The Morgan fingerprint density at radius 2 is 1.05 bits per heavy atom. The van der Waals surface area contributed by atoms with Crippen molar-refractivity contribution in [2.75, 3.05) is 0 Å². The van der Waals surface area contributed by atoms with Crippen LogP contribution >= 0.6 is 11.6 Å². The minimum Gasteiger partial charge on any atom is -0.309 e. The molecule has 0 aliphatic rings. The third-order valence-corrected chi connectivity index (χ3v) is 8.01. The van der Waals surface area contributed by atoms with Crippen LogP contribution in [0.1, 0.15) is 0 Å². The highest BCUT2D eigenvalue weighted by atomic mass is 35.5. The predicted octanol–water partition coefficient (Wildman–Crippen LogP) is 10.2. The van der Waals surface area contributed by atoms with Crippen LogP contribution in [-0.4, -0.2) is 9.13 Å². The van der Waals surface area contributed by atoms with Crippen LogP contribution < -0.4 is 0 Å². The van der Waals surface area contributed by atoms with Crippen molar-refractivity contribution < 1.29 is 0 Å². The molecule has 3 heteroatoms. The molecule has 2 aromatic heterocycles. The molecule has 6 aromatic carbocycles. The number of benzene rings is 6. The van der Waals surface area contributed by atoms with E-state index in [0.29, 0.717) is 0 Å². The van der Waals surface area contributed by atoms with Crippen LogP contribution in [-0.2, 0) is 0 Å². The van der Waals surface area contributed by atoms with E-state index < -0.39 is 0 Å². The Balaban J connectivity index is 1.51. The maximum absolute atomic E-state index is 6.59. The fourth-order valence-corrected chi connectivity index (χ4v) is 6.25. The van der Waals surface area contributed by atoms with Crippen LogP contribution in [0.25, 0.3) is 66.1 Å². The molecule has 0 bridgehead atoms. The van der Waals surface area contributed by atoms with Gasteiger partial charge in [0.2, 0.25) is 0 Å². The lowest BCUT2D eigenvalue weighted by Crippen LogP contribution is -1.95. The minimum absolute atomic E-state index is 0.732. The lowest BCUT2D eigenvalue weighted by molar-refractivity contribution is 1.17. The van der Waals surface area contributed by atoms with E-state index in [1.165, 1.54) is 49.2 Å². The highest BCUT2D eigenvalue weighted by Crippen LogP contribution is 2.42. The Morgan fingerprint density at radius 3 is 1.85 bits per heavy atom. The molecule has 8 aromatic rings. The molecule has 8 rings (SSSR count). The van der Waals surface area contributed by atoms with Crippen LogP contribution in [0.5, 0.6) is 0 Å². The van der Waals surface area contributed by atoms with E-state index in [2.05, 4.69) is 143 Å². The topological polar surface area (TPSA) is 9.86 Å². The van der Waals surface area contributed by atoms with Crippen LogP contribution in [0.2, 0.25) is 5.02 Å². The Kier molecular flexibility index (Phi) is 4.91. The number of hydrogen-bond donors (Lipinski definition) is 0. The van der Waals surface area contributed by atoms with Crippen LogP contribution in [0, 0.1) is 0 Å². The second-order valence-corrected chi connectivity index (χ2v) is 10.4. The van der Waals surface area contributed by atoms with Crippen molar-refractivity contribution in [1.29, 1.82) is 0 Å². The fourth-order valence-electron chi connectivity index (χ4n) is 6.09. The van der Waals surface area contributed by atoms with Gasteiger partial charge in [-0.3, -0.25) is 0 Å². The summed E-state index contributed by atoms with van der Waals surface area (Å²) in [7, 11) is 0. The first-order valence-corrected chi connectivity index (χ1v) is 13.5. The zero-order valence-electron chi connectivity index (χ0n) is 21.1. The van der Waals surface area contributed by atoms with Gasteiger partial charge in [0.05, 0.1) is 22.1 Å². The molecule has 2 heterocycles. The molecule has 184 valence electrons. The average molecular weight is 519 g/mol. The van der Waals surface area contributed by atoms with E-state index in [9.17, 15) is 0 Å². The molecular weight excluding hydrogens is 496 g/mol. The van der Waals surface area contributed by atoms with Crippen LogP contribution in [0.3, 0.4) is 0 Å². The van der Waals surface area contributed by atoms with E-state index in [4.69, 9.17) is 11.6 Å². The number of para-hydroxylation sites is 2. The van der Waals surface area contributed by atoms with Crippen molar-refractivity contribution in [3.05, 3.63) is 145 Å². The van der Waals surface area contributed by atoms with Crippen molar-refractivity contribution in [3.8, 4) is 22.5 Å². The van der Waals surface area contributed by atoms with Gasteiger partial charge < -0.3 is 9.13 Å². The quantitative estimate of drug-likeness (QED) is 0.220. The average Bonchev–Trinajstić information content (AvgIpc) is 3.50. The number of aromatic nitrogens is 2. The molecule has 0 N–H and O–H groups in total. The van der Waals surface area contributed by atoms with Gasteiger partial charge in [-0.15, -0.1) is 0 Å². The monoisotopic (exact) mass is 518 g/mol. The zero-order chi connectivity index (χ0) is 25.9. The normalized spacial score (nSPS) is 11.7. The minimum atomic E-state index is 0.732. The molecular formula is C36H23ClN2. The van der Waals surface area contributed by atoms with Crippen molar-refractivity contribution in [2.24, 2.45) is 0 Å². The van der Waals surface area contributed by atoms with E-state index in [1.807, 2.05) is 6.07 Å². The summed E-state index contributed by atoms with van der Waals surface area (Å²) in [5.41, 5.74) is 9.36. The van der Waals surface area contributed by atoms with Crippen molar-refractivity contribution in [1.82, 2.24) is 9.13 Å². The van der Waals surface area contributed by atoms with Gasteiger partial charge in [0.15, 0.2) is 0 Å². The standard InChI is InChI=1S/C36H23ClN2/c37-26-17-20-29-30-21-22-33-35(31-13-7-8-14-32(31)38(33)27-11-5-2-6-12-27)36(30)39(34(29)23-26)28-18-15-25(16-19-28)24-9-3-1-4-10-24/h1-23H. The van der Waals surface area contributed by atoms with E-state index in [-0.39, 0.29) is 0 Å². The number of fused-ring (bicyclic) bond motifs is 7. The molecule has 0 atom stereocenters. The summed E-state index contributed by atoms with van der Waals surface area (Å²) in [5.74, 6) is 0. The second kappa shape index (κ2) is 8.62. The lowest BCUT2D eigenvalue weighted by atomic mass is 10.1. The van der Waals surface area contributed by atoms with Crippen LogP contribution in [0.15, 0.2) is 140 Å². The third-order valence-electron chi connectivity index (χ3n) is 7.77. The summed E-state index contributed by atoms with van der Waals surface area (Å²) in [6.45, 7) is 0.